The second-order valence-electron chi connectivity index (χ2n) is 5.57. The predicted octanol–water partition coefficient (Wildman–Crippen LogP) is 3.11. The van der Waals surface area contributed by atoms with Crippen LogP contribution < -0.4 is 15.0 Å². The van der Waals surface area contributed by atoms with E-state index in [2.05, 4.69) is 5.32 Å². The number of amides is 4. The van der Waals surface area contributed by atoms with Gasteiger partial charge in [0.25, 0.3) is 11.8 Å². The van der Waals surface area contributed by atoms with Crippen molar-refractivity contribution in [1.29, 1.82) is 0 Å². The second-order valence-corrected chi connectivity index (χ2v) is 5.98. The number of carbonyl (C=O) groups excluding carboxylic acids is 3. The van der Waals surface area contributed by atoms with Gasteiger partial charge in [0.1, 0.15) is 5.57 Å². The number of carbonyl (C=O) groups is 3. The smallest absolute Gasteiger partial charge is 0.335 e. The average molecular weight is 387 g/mol. The van der Waals surface area contributed by atoms with Crippen LogP contribution in [0.1, 0.15) is 12.5 Å². The summed E-state index contributed by atoms with van der Waals surface area (Å²) in [5.74, 6) is -1.47. The van der Waals surface area contributed by atoms with Gasteiger partial charge in [-0.3, -0.25) is 14.9 Å². The number of ether oxygens (including phenoxy) is 1. The Balaban J connectivity index is 2.02. The normalized spacial score (nSPS) is 15.9. The summed E-state index contributed by atoms with van der Waals surface area (Å²) in [7, 11) is 0. The number of benzene rings is 2. The molecule has 1 aliphatic rings. The highest BCUT2D eigenvalue weighted by atomic mass is 35.5. The Kier molecular flexibility index (Phi) is 5.14. The summed E-state index contributed by atoms with van der Waals surface area (Å²) in [6.07, 6.45) is 1.32. The number of aromatic hydroxyl groups is 1. The fraction of sp³-hybridized carbons (Fsp3) is 0.105. The molecule has 1 aliphatic heterocycles. The number of urea groups is 1. The monoisotopic (exact) mass is 386 g/mol. The van der Waals surface area contributed by atoms with Crippen molar-refractivity contribution in [1.82, 2.24) is 5.32 Å². The van der Waals surface area contributed by atoms with Crippen molar-refractivity contribution in [2.24, 2.45) is 0 Å². The minimum absolute atomic E-state index is 0.0636. The second kappa shape index (κ2) is 7.51. The molecule has 2 N–H and O–H groups in total. The highest BCUT2D eigenvalue weighted by Gasteiger charge is 2.37. The molecule has 3 rings (SSSR count). The summed E-state index contributed by atoms with van der Waals surface area (Å²) in [5.41, 5.74) is 0.367. The van der Waals surface area contributed by atoms with Crippen LogP contribution in [0.25, 0.3) is 6.08 Å². The van der Waals surface area contributed by atoms with E-state index in [0.717, 1.165) is 4.90 Å². The molecule has 0 radical (unpaired) electrons. The Morgan fingerprint density at radius 2 is 1.93 bits per heavy atom. The van der Waals surface area contributed by atoms with Gasteiger partial charge in [0.2, 0.25) is 0 Å². The zero-order chi connectivity index (χ0) is 19.6. The van der Waals surface area contributed by atoms with Gasteiger partial charge in [-0.1, -0.05) is 29.8 Å². The van der Waals surface area contributed by atoms with Gasteiger partial charge in [0, 0.05) is 0 Å². The van der Waals surface area contributed by atoms with Crippen molar-refractivity contribution in [3.63, 3.8) is 0 Å². The molecule has 2 aromatic rings. The highest BCUT2D eigenvalue weighted by molar-refractivity contribution is 6.42. The van der Waals surface area contributed by atoms with Crippen LogP contribution in [0.3, 0.4) is 0 Å². The first-order valence-corrected chi connectivity index (χ1v) is 8.42. The Morgan fingerprint density at radius 1 is 1.19 bits per heavy atom. The predicted molar refractivity (Wildman–Crippen MR) is 99.7 cm³/mol. The summed E-state index contributed by atoms with van der Waals surface area (Å²) in [6.45, 7) is 2.09. The molecule has 0 aliphatic carbocycles. The lowest BCUT2D eigenvalue weighted by molar-refractivity contribution is -0.122. The van der Waals surface area contributed by atoms with Gasteiger partial charge in [-0.2, -0.15) is 0 Å². The summed E-state index contributed by atoms with van der Waals surface area (Å²) in [6, 6.07) is 9.83. The van der Waals surface area contributed by atoms with Crippen molar-refractivity contribution < 1.29 is 24.2 Å². The first-order chi connectivity index (χ1) is 12.9. The van der Waals surface area contributed by atoms with Gasteiger partial charge in [-0.25, -0.2) is 9.69 Å². The third kappa shape index (κ3) is 3.63. The van der Waals surface area contributed by atoms with E-state index < -0.39 is 17.8 Å². The standard InChI is InChI=1S/C19H15ClN2O5/c1-2-27-16-10-11(7-8-15(16)23)9-12-17(24)21-19(26)22(18(12)25)14-6-4-3-5-13(14)20/h3-10,23H,2H2,1H3,(H,21,24,26)/b12-9+. The van der Waals surface area contributed by atoms with E-state index >= 15 is 0 Å². The van der Waals surface area contributed by atoms with Crippen molar-refractivity contribution >= 4 is 41.2 Å². The van der Waals surface area contributed by atoms with E-state index in [0.29, 0.717) is 12.2 Å². The minimum Gasteiger partial charge on any atom is -0.504 e. The van der Waals surface area contributed by atoms with Crippen molar-refractivity contribution in [2.75, 3.05) is 11.5 Å². The molecule has 7 nitrogen and oxygen atoms in total. The van der Waals surface area contributed by atoms with Crippen LogP contribution in [0.4, 0.5) is 10.5 Å². The van der Waals surface area contributed by atoms with E-state index in [-0.39, 0.29) is 27.8 Å². The maximum Gasteiger partial charge on any atom is 0.335 e. The lowest BCUT2D eigenvalue weighted by atomic mass is 10.1. The number of halogens is 1. The fourth-order valence-corrected chi connectivity index (χ4v) is 2.79. The number of phenolic OH excluding ortho intramolecular Hbond substituents is 1. The third-order valence-electron chi connectivity index (χ3n) is 3.79. The lowest BCUT2D eigenvalue weighted by Crippen LogP contribution is -2.54. The molecule has 1 heterocycles. The van der Waals surface area contributed by atoms with Gasteiger partial charge >= 0.3 is 6.03 Å². The highest BCUT2D eigenvalue weighted by Crippen LogP contribution is 2.30. The van der Waals surface area contributed by atoms with Gasteiger partial charge in [0.15, 0.2) is 11.5 Å². The van der Waals surface area contributed by atoms with Crippen LogP contribution >= 0.6 is 11.6 Å². The maximum atomic E-state index is 12.8. The summed E-state index contributed by atoms with van der Waals surface area (Å²) in [5, 5.41) is 12.1. The molecular weight excluding hydrogens is 372 g/mol. The molecule has 0 saturated carbocycles. The molecule has 0 aromatic heterocycles. The SMILES string of the molecule is CCOc1cc(/C=C2\C(=O)NC(=O)N(c3ccccc3Cl)C2=O)ccc1O. The minimum atomic E-state index is -0.879. The van der Waals surface area contributed by atoms with Gasteiger partial charge in [-0.15, -0.1) is 0 Å². The molecule has 8 heteroatoms. The number of rotatable bonds is 4. The van der Waals surface area contributed by atoms with Crippen molar-refractivity contribution in [3.8, 4) is 11.5 Å². The van der Waals surface area contributed by atoms with Crippen LogP contribution in [0.2, 0.25) is 5.02 Å². The number of phenols is 1. The Labute approximate surface area is 159 Å². The molecule has 4 amide bonds. The van der Waals surface area contributed by atoms with Crippen molar-refractivity contribution in [3.05, 3.63) is 58.6 Å². The van der Waals surface area contributed by atoms with E-state index in [1.807, 2.05) is 0 Å². The lowest BCUT2D eigenvalue weighted by Gasteiger charge is -2.27. The summed E-state index contributed by atoms with van der Waals surface area (Å²) < 4.78 is 5.30. The molecular formula is C19H15ClN2O5. The van der Waals surface area contributed by atoms with Gasteiger partial charge < -0.3 is 9.84 Å². The Morgan fingerprint density at radius 3 is 2.63 bits per heavy atom. The number of nitrogens with one attached hydrogen (secondary N) is 1. The number of nitrogens with zero attached hydrogens (tertiary/aromatic N) is 1. The van der Waals surface area contributed by atoms with Crippen LogP contribution in [0, 0.1) is 0 Å². The first-order valence-electron chi connectivity index (χ1n) is 8.04. The molecule has 2 aromatic carbocycles. The van der Waals surface area contributed by atoms with E-state index in [1.54, 1.807) is 19.1 Å². The molecule has 1 fully saturated rings. The van der Waals surface area contributed by atoms with Gasteiger partial charge in [0.05, 0.1) is 17.3 Å². The summed E-state index contributed by atoms with van der Waals surface area (Å²) >= 11 is 6.08. The molecule has 0 bridgehead atoms. The molecule has 0 atom stereocenters. The quantitative estimate of drug-likeness (QED) is 0.621. The van der Waals surface area contributed by atoms with E-state index in [1.165, 1.54) is 36.4 Å². The molecule has 0 spiro atoms. The fourth-order valence-electron chi connectivity index (χ4n) is 2.57. The third-order valence-corrected chi connectivity index (χ3v) is 4.11. The molecule has 0 unspecified atom stereocenters. The largest absolute Gasteiger partial charge is 0.504 e. The maximum absolute atomic E-state index is 12.8. The zero-order valence-electron chi connectivity index (χ0n) is 14.2. The summed E-state index contributed by atoms with van der Waals surface area (Å²) in [4.78, 5) is 38.0. The Bertz CT molecular complexity index is 970. The van der Waals surface area contributed by atoms with E-state index in [4.69, 9.17) is 16.3 Å². The number of hydrogen-bond acceptors (Lipinski definition) is 5. The van der Waals surface area contributed by atoms with Crippen LogP contribution in [-0.2, 0) is 9.59 Å². The average Bonchev–Trinajstić information content (AvgIpc) is 2.63. The van der Waals surface area contributed by atoms with Crippen molar-refractivity contribution in [2.45, 2.75) is 6.92 Å². The number of para-hydroxylation sites is 1. The molecule has 1 saturated heterocycles. The van der Waals surface area contributed by atoms with Crippen LogP contribution in [-0.4, -0.2) is 29.6 Å². The number of anilines is 1. The van der Waals surface area contributed by atoms with E-state index in [9.17, 15) is 19.5 Å². The molecule has 27 heavy (non-hydrogen) atoms. The number of barbiturate groups is 1. The van der Waals surface area contributed by atoms with Gasteiger partial charge in [-0.05, 0) is 42.8 Å². The van der Waals surface area contributed by atoms with Crippen LogP contribution in [0.5, 0.6) is 11.5 Å². The van der Waals surface area contributed by atoms with Crippen LogP contribution in [0.15, 0.2) is 48.0 Å². The number of hydrogen-bond donors (Lipinski definition) is 2. The number of imide groups is 2. The first kappa shape index (κ1) is 18.5. The topological polar surface area (TPSA) is 95.9 Å². The zero-order valence-corrected chi connectivity index (χ0v) is 15.0. The molecule has 138 valence electrons. The Hall–Kier alpha value is -3.32.